The molecule has 0 N–H and O–H groups in total. The Morgan fingerprint density at radius 1 is 1.18 bits per heavy atom. The van der Waals surface area contributed by atoms with Gasteiger partial charge in [-0.15, -0.1) is 0 Å². The molecule has 0 amide bonds. The largest absolute Gasteiger partial charge is 0.446 e. The summed E-state index contributed by atoms with van der Waals surface area (Å²) >= 11 is 0. The fourth-order valence-corrected chi connectivity index (χ4v) is 1.66. The lowest BCUT2D eigenvalue weighted by molar-refractivity contribution is 0.469. The van der Waals surface area contributed by atoms with E-state index in [4.69, 9.17) is 4.42 Å². The summed E-state index contributed by atoms with van der Waals surface area (Å²) in [6.45, 7) is 1.93. The zero-order chi connectivity index (χ0) is 7.68. The van der Waals surface area contributed by atoms with Crippen LogP contribution in [-0.4, -0.2) is 4.98 Å². The predicted molar refractivity (Wildman–Crippen MR) is 42.5 cm³/mol. The van der Waals surface area contributed by atoms with E-state index in [-0.39, 0.29) is 0 Å². The van der Waals surface area contributed by atoms with Crippen LogP contribution < -0.4 is 0 Å². The Hall–Kier alpha value is -0.790. The summed E-state index contributed by atoms with van der Waals surface area (Å²) in [7, 11) is 0. The first kappa shape index (κ1) is 6.89. The summed E-state index contributed by atoms with van der Waals surface area (Å²) in [5.74, 6) is 1.97. The standard InChI is InChI=1S/C9H13NO/c1-7-10-8-5-3-2-4-6-9(8)11-7/h2-6H2,1H3. The van der Waals surface area contributed by atoms with Crippen molar-refractivity contribution in [2.45, 2.75) is 39.0 Å². The van der Waals surface area contributed by atoms with Crippen LogP contribution in [0.3, 0.4) is 0 Å². The average Bonchev–Trinajstić information content (AvgIpc) is 2.17. The second-order valence-corrected chi connectivity index (χ2v) is 3.16. The lowest BCUT2D eigenvalue weighted by atomic mass is 10.2. The molecule has 0 spiro atoms. The van der Waals surface area contributed by atoms with E-state index in [2.05, 4.69) is 4.98 Å². The maximum absolute atomic E-state index is 5.47. The minimum Gasteiger partial charge on any atom is -0.446 e. The summed E-state index contributed by atoms with van der Waals surface area (Å²) in [5.41, 5.74) is 1.21. The smallest absolute Gasteiger partial charge is 0.191 e. The maximum Gasteiger partial charge on any atom is 0.191 e. The van der Waals surface area contributed by atoms with Gasteiger partial charge in [0.25, 0.3) is 0 Å². The third-order valence-electron chi connectivity index (χ3n) is 2.20. The normalized spacial score (nSPS) is 17.5. The quantitative estimate of drug-likeness (QED) is 0.531. The van der Waals surface area contributed by atoms with Gasteiger partial charge in [0, 0.05) is 13.3 Å². The van der Waals surface area contributed by atoms with Crippen molar-refractivity contribution in [3.05, 3.63) is 17.3 Å². The van der Waals surface area contributed by atoms with Crippen LogP contribution in [0.2, 0.25) is 0 Å². The third-order valence-corrected chi connectivity index (χ3v) is 2.20. The molecule has 0 fully saturated rings. The molecule has 0 saturated carbocycles. The van der Waals surface area contributed by atoms with E-state index in [1.54, 1.807) is 0 Å². The molecule has 2 rings (SSSR count). The van der Waals surface area contributed by atoms with Gasteiger partial charge in [0.2, 0.25) is 0 Å². The molecule has 1 aromatic heterocycles. The molecule has 1 aliphatic rings. The van der Waals surface area contributed by atoms with Crippen LogP contribution >= 0.6 is 0 Å². The van der Waals surface area contributed by atoms with E-state index in [1.165, 1.54) is 25.0 Å². The van der Waals surface area contributed by atoms with Gasteiger partial charge in [-0.3, -0.25) is 0 Å². The van der Waals surface area contributed by atoms with Crippen LogP contribution in [0.15, 0.2) is 4.42 Å². The second-order valence-electron chi connectivity index (χ2n) is 3.16. The summed E-state index contributed by atoms with van der Waals surface area (Å²) < 4.78 is 5.47. The van der Waals surface area contributed by atoms with Gasteiger partial charge >= 0.3 is 0 Å². The molecular weight excluding hydrogens is 138 g/mol. The van der Waals surface area contributed by atoms with Crippen molar-refractivity contribution in [1.82, 2.24) is 4.98 Å². The van der Waals surface area contributed by atoms with Crippen molar-refractivity contribution in [1.29, 1.82) is 0 Å². The molecule has 1 aromatic rings. The Balaban J connectivity index is 2.32. The topological polar surface area (TPSA) is 26.0 Å². The molecule has 0 atom stereocenters. The van der Waals surface area contributed by atoms with Crippen molar-refractivity contribution in [2.24, 2.45) is 0 Å². The lowest BCUT2D eigenvalue weighted by Crippen LogP contribution is -1.85. The van der Waals surface area contributed by atoms with Crippen LogP contribution in [0.25, 0.3) is 0 Å². The van der Waals surface area contributed by atoms with Crippen molar-refractivity contribution < 1.29 is 4.42 Å². The van der Waals surface area contributed by atoms with Crippen LogP contribution in [0.4, 0.5) is 0 Å². The van der Waals surface area contributed by atoms with E-state index < -0.39 is 0 Å². The molecule has 2 heteroatoms. The number of fused-ring (bicyclic) bond motifs is 1. The Labute approximate surface area is 66.6 Å². The monoisotopic (exact) mass is 151 g/mol. The summed E-state index contributed by atoms with van der Waals surface area (Å²) in [6.07, 6.45) is 6.08. The highest BCUT2D eigenvalue weighted by molar-refractivity contribution is 5.11. The molecule has 0 bridgehead atoms. The molecule has 0 aromatic carbocycles. The van der Waals surface area contributed by atoms with Gasteiger partial charge in [-0.05, 0) is 19.3 Å². The van der Waals surface area contributed by atoms with Gasteiger partial charge < -0.3 is 4.42 Å². The molecule has 1 aliphatic carbocycles. The van der Waals surface area contributed by atoms with E-state index in [0.29, 0.717) is 0 Å². The maximum atomic E-state index is 5.47. The Morgan fingerprint density at radius 2 is 2.00 bits per heavy atom. The average molecular weight is 151 g/mol. The third kappa shape index (κ3) is 1.30. The summed E-state index contributed by atoms with van der Waals surface area (Å²) in [5, 5.41) is 0. The number of hydrogen-bond donors (Lipinski definition) is 0. The SMILES string of the molecule is Cc1nc2c(o1)CCCCC2. The Morgan fingerprint density at radius 3 is 2.91 bits per heavy atom. The summed E-state index contributed by atoms with van der Waals surface area (Å²) in [4.78, 5) is 4.34. The molecule has 1 heterocycles. The number of aryl methyl sites for hydroxylation is 3. The minimum atomic E-state index is 0.830. The van der Waals surface area contributed by atoms with Gasteiger partial charge in [0.15, 0.2) is 5.89 Å². The molecule has 11 heavy (non-hydrogen) atoms. The zero-order valence-corrected chi connectivity index (χ0v) is 6.89. The molecule has 0 unspecified atom stereocenters. The van der Waals surface area contributed by atoms with Crippen LogP contribution in [0, 0.1) is 6.92 Å². The number of nitrogens with zero attached hydrogens (tertiary/aromatic N) is 1. The van der Waals surface area contributed by atoms with Crippen LogP contribution in [0.1, 0.15) is 36.6 Å². The second kappa shape index (κ2) is 2.68. The van der Waals surface area contributed by atoms with Crippen molar-refractivity contribution in [3.63, 3.8) is 0 Å². The van der Waals surface area contributed by atoms with Crippen molar-refractivity contribution in [3.8, 4) is 0 Å². The highest BCUT2D eigenvalue weighted by atomic mass is 16.4. The van der Waals surface area contributed by atoms with E-state index >= 15 is 0 Å². The zero-order valence-electron chi connectivity index (χ0n) is 6.89. The Bertz CT molecular complexity index is 229. The van der Waals surface area contributed by atoms with Gasteiger partial charge in [0.1, 0.15) is 5.76 Å². The fourth-order valence-electron chi connectivity index (χ4n) is 1.66. The molecule has 0 radical (unpaired) electrons. The number of hydrogen-bond acceptors (Lipinski definition) is 2. The fraction of sp³-hybridized carbons (Fsp3) is 0.667. The molecule has 0 saturated heterocycles. The highest BCUT2D eigenvalue weighted by Gasteiger charge is 2.13. The number of aromatic nitrogens is 1. The van der Waals surface area contributed by atoms with Gasteiger partial charge in [-0.2, -0.15) is 0 Å². The van der Waals surface area contributed by atoms with Crippen molar-refractivity contribution >= 4 is 0 Å². The van der Waals surface area contributed by atoms with Gasteiger partial charge in [-0.1, -0.05) is 6.42 Å². The highest BCUT2D eigenvalue weighted by Crippen LogP contribution is 2.20. The molecule has 0 aliphatic heterocycles. The molecular formula is C9H13NO. The number of rotatable bonds is 0. The van der Waals surface area contributed by atoms with Gasteiger partial charge in [-0.25, -0.2) is 4.98 Å². The first-order chi connectivity index (χ1) is 5.36. The van der Waals surface area contributed by atoms with E-state index in [0.717, 1.165) is 24.5 Å². The lowest BCUT2D eigenvalue weighted by Gasteiger charge is -1.89. The predicted octanol–water partition coefficient (Wildman–Crippen LogP) is 2.25. The number of oxazole rings is 1. The molecule has 60 valence electrons. The first-order valence-corrected chi connectivity index (χ1v) is 4.31. The minimum absolute atomic E-state index is 0.830. The van der Waals surface area contributed by atoms with Crippen LogP contribution in [0.5, 0.6) is 0 Å². The molecule has 2 nitrogen and oxygen atoms in total. The summed E-state index contributed by atoms with van der Waals surface area (Å²) in [6, 6.07) is 0. The van der Waals surface area contributed by atoms with E-state index in [9.17, 15) is 0 Å². The van der Waals surface area contributed by atoms with E-state index in [1.807, 2.05) is 6.92 Å². The Kier molecular flexibility index (Phi) is 1.68. The van der Waals surface area contributed by atoms with Crippen molar-refractivity contribution in [2.75, 3.05) is 0 Å². The van der Waals surface area contributed by atoms with Gasteiger partial charge in [0.05, 0.1) is 5.69 Å². The van der Waals surface area contributed by atoms with Crippen LogP contribution in [-0.2, 0) is 12.8 Å². The first-order valence-electron chi connectivity index (χ1n) is 4.31.